The van der Waals surface area contributed by atoms with Gasteiger partial charge in [0.2, 0.25) is 5.91 Å². The van der Waals surface area contributed by atoms with Crippen LogP contribution in [0.1, 0.15) is 30.4 Å². The van der Waals surface area contributed by atoms with Gasteiger partial charge in [-0.1, -0.05) is 30.7 Å². The fraction of sp³-hybridized carbons (Fsp3) is 0.417. The molecular formula is C12H15NO. The minimum absolute atomic E-state index is 0.168. The molecule has 2 heteroatoms. The highest BCUT2D eigenvalue weighted by atomic mass is 16.1. The second kappa shape index (κ2) is 3.12. The van der Waals surface area contributed by atoms with Gasteiger partial charge in [0, 0.05) is 0 Å². The Morgan fingerprint density at radius 3 is 2.43 bits per heavy atom. The minimum atomic E-state index is -0.356. The summed E-state index contributed by atoms with van der Waals surface area (Å²) in [6, 6.07) is 8.04. The highest BCUT2D eigenvalue weighted by Gasteiger charge is 2.44. The van der Waals surface area contributed by atoms with Gasteiger partial charge in [0.05, 0.1) is 5.41 Å². The first kappa shape index (κ1) is 9.25. The van der Waals surface area contributed by atoms with E-state index in [0.29, 0.717) is 0 Å². The molecule has 1 aromatic carbocycles. The van der Waals surface area contributed by atoms with Crippen LogP contribution in [0.5, 0.6) is 0 Å². The van der Waals surface area contributed by atoms with Crippen LogP contribution in [0.2, 0.25) is 0 Å². The fourth-order valence-electron chi connectivity index (χ4n) is 2.29. The Morgan fingerprint density at radius 1 is 1.36 bits per heavy atom. The normalized spacial score (nSPS) is 18.6. The predicted octanol–water partition coefficient (Wildman–Crippen LogP) is 1.90. The van der Waals surface area contributed by atoms with Crippen LogP contribution in [0, 0.1) is 6.92 Å². The van der Waals surface area contributed by atoms with Gasteiger partial charge in [-0.05, 0) is 30.9 Å². The van der Waals surface area contributed by atoms with E-state index in [2.05, 4.69) is 0 Å². The molecule has 0 bridgehead atoms. The standard InChI is InChI=1S/C12H15NO/c1-9-5-2-3-6-10(9)12(11(13)14)7-4-8-12/h2-3,5-6H,4,7-8H2,1H3,(H2,13,14). The number of benzene rings is 1. The van der Waals surface area contributed by atoms with Crippen molar-refractivity contribution in [2.75, 3.05) is 0 Å². The molecule has 2 rings (SSSR count). The van der Waals surface area contributed by atoms with Crippen molar-refractivity contribution in [3.05, 3.63) is 35.4 Å². The van der Waals surface area contributed by atoms with Crippen LogP contribution in [0.4, 0.5) is 0 Å². The van der Waals surface area contributed by atoms with E-state index >= 15 is 0 Å². The van der Waals surface area contributed by atoms with E-state index in [-0.39, 0.29) is 11.3 Å². The molecule has 0 unspecified atom stereocenters. The smallest absolute Gasteiger partial charge is 0.228 e. The van der Waals surface area contributed by atoms with Gasteiger partial charge >= 0.3 is 0 Å². The summed E-state index contributed by atoms with van der Waals surface area (Å²) in [6.07, 6.45) is 2.93. The van der Waals surface area contributed by atoms with Crippen molar-refractivity contribution in [3.63, 3.8) is 0 Å². The van der Waals surface area contributed by atoms with E-state index in [1.165, 1.54) is 5.56 Å². The molecule has 0 radical (unpaired) electrons. The number of aryl methyl sites for hydroxylation is 1. The van der Waals surface area contributed by atoms with E-state index in [1.54, 1.807) is 0 Å². The van der Waals surface area contributed by atoms with E-state index in [9.17, 15) is 4.79 Å². The Kier molecular flexibility index (Phi) is 2.06. The zero-order valence-electron chi connectivity index (χ0n) is 8.42. The molecule has 1 aliphatic carbocycles. The number of carbonyl (C=O) groups is 1. The van der Waals surface area contributed by atoms with Gasteiger partial charge in [0.25, 0.3) is 0 Å². The number of hydrogen-bond acceptors (Lipinski definition) is 1. The Balaban J connectivity index is 2.47. The highest BCUT2D eigenvalue weighted by molar-refractivity contribution is 5.88. The lowest BCUT2D eigenvalue weighted by molar-refractivity contribution is -0.126. The summed E-state index contributed by atoms with van der Waals surface area (Å²) in [5, 5.41) is 0. The van der Waals surface area contributed by atoms with Crippen LogP contribution < -0.4 is 5.73 Å². The summed E-state index contributed by atoms with van der Waals surface area (Å²) in [4.78, 5) is 11.5. The highest BCUT2D eigenvalue weighted by Crippen LogP contribution is 2.44. The molecule has 0 spiro atoms. The van der Waals surface area contributed by atoms with E-state index in [1.807, 2.05) is 31.2 Å². The van der Waals surface area contributed by atoms with Crippen molar-refractivity contribution < 1.29 is 4.79 Å². The Morgan fingerprint density at radius 2 is 2.00 bits per heavy atom. The summed E-state index contributed by atoms with van der Waals surface area (Å²) in [6.45, 7) is 2.04. The average molecular weight is 189 g/mol. The monoisotopic (exact) mass is 189 g/mol. The molecule has 0 atom stereocenters. The molecular weight excluding hydrogens is 174 g/mol. The third-order valence-corrected chi connectivity index (χ3v) is 3.34. The Hall–Kier alpha value is -1.31. The van der Waals surface area contributed by atoms with Crippen LogP contribution in [-0.4, -0.2) is 5.91 Å². The summed E-state index contributed by atoms with van der Waals surface area (Å²) in [5.74, 6) is -0.168. The molecule has 0 aromatic heterocycles. The van der Waals surface area contributed by atoms with Gasteiger partial charge in [-0.15, -0.1) is 0 Å². The van der Waals surface area contributed by atoms with Crippen LogP contribution in [0.15, 0.2) is 24.3 Å². The maximum Gasteiger partial charge on any atom is 0.228 e. The zero-order chi connectivity index (χ0) is 10.2. The third-order valence-electron chi connectivity index (χ3n) is 3.34. The molecule has 2 N–H and O–H groups in total. The van der Waals surface area contributed by atoms with Crippen LogP contribution in [-0.2, 0) is 10.2 Å². The van der Waals surface area contributed by atoms with Crippen LogP contribution in [0.3, 0.4) is 0 Å². The van der Waals surface area contributed by atoms with Gasteiger partial charge in [-0.2, -0.15) is 0 Å². The molecule has 1 aromatic rings. The maximum absolute atomic E-state index is 11.5. The number of hydrogen-bond donors (Lipinski definition) is 1. The van der Waals surface area contributed by atoms with Crippen LogP contribution in [0.25, 0.3) is 0 Å². The maximum atomic E-state index is 11.5. The number of nitrogens with two attached hydrogens (primary N) is 1. The lowest BCUT2D eigenvalue weighted by atomic mass is 9.63. The Bertz CT molecular complexity index is 366. The first-order chi connectivity index (χ1) is 6.67. The molecule has 1 aliphatic rings. The first-order valence-corrected chi connectivity index (χ1v) is 5.03. The number of amides is 1. The summed E-state index contributed by atoms with van der Waals surface area (Å²) >= 11 is 0. The van der Waals surface area contributed by atoms with Crippen molar-refractivity contribution in [1.82, 2.24) is 0 Å². The van der Waals surface area contributed by atoms with Crippen molar-refractivity contribution in [3.8, 4) is 0 Å². The van der Waals surface area contributed by atoms with Gasteiger partial charge in [-0.25, -0.2) is 0 Å². The molecule has 74 valence electrons. The Labute approximate surface area is 84.1 Å². The second-order valence-corrected chi connectivity index (χ2v) is 4.11. The van der Waals surface area contributed by atoms with Gasteiger partial charge in [-0.3, -0.25) is 4.79 Å². The number of rotatable bonds is 2. The van der Waals surface area contributed by atoms with E-state index < -0.39 is 0 Å². The lowest BCUT2D eigenvalue weighted by Gasteiger charge is -2.40. The third kappa shape index (κ3) is 1.14. The van der Waals surface area contributed by atoms with Crippen molar-refractivity contribution >= 4 is 5.91 Å². The van der Waals surface area contributed by atoms with Gasteiger partial charge < -0.3 is 5.73 Å². The molecule has 0 saturated heterocycles. The summed E-state index contributed by atoms with van der Waals surface area (Å²) in [7, 11) is 0. The van der Waals surface area contributed by atoms with Crippen LogP contribution >= 0.6 is 0 Å². The molecule has 14 heavy (non-hydrogen) atoms. The van der Waals surface area contributed by atoms with Gasteiger partial charge in [0.1, 0.15) is 0 Å². The molecule has 0 aliphatic heterocycles. The number of carbonyl (C=O) groups excluding carboxylic acids is 1. The SMILES string of the molecule is Cc1ccccc1C1(C(N)=O)CCC1. The molecule has 1 saturated carbocycles. The number of primary amides is 1. The van der Waals surface area contributed by atoms with Crippen molar-refractivity contribution in [1.29, 1.82) is 0 Å². The zero-order valence-corrected chi connectivity index (χ0v) is 8.42. The molecule has 1 amide bonds. The average Bonchev–Trinajstić information content (AvgIpc) is 2.05. The second-order valence-electron chi connectivity index (χ2n) is 4.11. The molecule has 2 nitrogen and oxygen atoms in total. The van der Waals surface area contributed by atoms with Gasteiger partial charge in [0.15, 0.2) is 0 Å². The predicted molar refractivity (Wildman–Crippen MR) is 55.9 cm³/mol. The quantitative estimate of drug-likeness (QED) is 0.758. The van der Waals surface area contributed by atoms with E-state index in [4.69, 9.17) is 5.73 Å². The summed E-state index contributed by atoms with van der Waals surface area (Å²) < 4.78 is 0. The van der Waals surface area contributed by atoms with Crippen molar-refractivity contribution in [2.45, 2.75) is 31.6 Å². The minimum Gasteiger partial charge on any atom is -0.369 e. The topological polar surface area (TPSA) is 43.1 Å². The summed E-state index contributed by atoms with van der Waals surface area (Å²) in [5.41, 5.74) is 7.43. The largest absolute Gasteiger partial charge is 0.369 e. The fourth-order valence-corrected chi connectivity index (χ4v) is 2.29. The first-order valence-electron chi connectivity index (χ1n) is 5.03. The van der Waals surface area contributed by atoms with Crippen molar-refractivity contribution in [2.24, 2.45) is 5.73 Å². The lowest BCUT2D eigenvalue weighted by Crippen LogP contribution is -2.47. The molecule has 0 heterocycles. The molecule has 1 fully saturated rings. The van der Waals surface area contributed by atoms with E-state index in [0.717, 1.165) is 24.8 Å².